The largest absolute Gasteiger partial charge is 0.343 e. The maximum absolute atomic E-state index is 6.39. The van der Waals surface area contributed by atoms with E-state index in [1.807, 2.05) is 24.3 Å². The molecule has 0 fully saturated rings. The molecule has 0 aliphatic rings. The second kappa shape index (κ2) is 11.0. The third-order valence-corrected chi connectivity index (χ3v) is 6.30. The zero-order valence-corrected chi connectivity index (χ0v) is 20.4. The molecule has 1 aromatic heterocycles. The standard InChI is InChI=1S/C24H20Cl4N2.ClH/c25-19-7-5-16(22(27)11-19)9-10-29-13-18-15-30(24-4-2-1-3-21(18)24)14-17-6-8-20(26)12-23(17)28;/h1-8,11-12,15,29H,9-10,13-14H2;1H. The SMILES string of the molecule is Cl.Clc1ccc(CCNCc2cn(Cc3ccc(Cl)cc3Cl)c3ccccc23)c(Cl)c1. The van der Waals surface area contributed by atoms with Crippen LogP contribution in [0.3, 0.4) is 0 Å². The molecule has 0 unspecified atom stereocenters. The average Bonchev–Trinajstić information content (AvgIpc) is 3.06. The summed E-state index contributed by atoms with van der Waals surface area (Å²) in [4.78, 5) is 0. The van der Waals surface area contributed by atoms with Gasteiger partial charge in [-0.3, -0.25) is 0 Å². The molecule has 0 aliphatic heterocycles. The van der Waals surface area contributed by atoms with Crippen LogP contribution in [0.5, 0.6) is 0 Å². The van der Waals surface area contributed by atoms with Crippen LogP contribution in [0.4, 0.5) is 0 Å². The lowest BCUT2D eigenvalue weighted by atomic mass is 10.1. The molecule has 162 valence electrons. The Morgan fingerprint density at radius 1 is 0.742 bits per heavy atom. The third kappa shape index (κ3) is 5.90. The highest BCUT2D eigenvalue weighted by atomic mass is 35.5. The molecular weight excluding hydrogens is 494 g/mol. The fourth-order valence-corrected chi connectivity index (χ4v) is 4.57. The zero-order chi connectivity index (χ0) is 21.1. The van der Waals surface area contributed by atoms with Crippen LogP contribution in [0.15, 0.2) is 66.9 Å². The summed E-state index contributed by atoms with van der Waals surface area (Å²) in [6, 6.07) is 19.7. The van der Waals surface area contributed by atoms with Gasteiger partial charge in [-0.05, 0) is 60.0 Å². The summed E-state index contributed by atoms with van der Waals surface area (Å²) in [5.74, 6) is 0. The fourth-order valence-electron chi connectivity index (χ4n) is 3.60. The van der Waals surface area contributed by atoms with E-state index in [1.165, 1.54) is 16.5 Å². The highest BCUT2D eigenvalue weighted by molar-refractivity contribution is 6.35. The summed E-state index contributed by atoms with van der Waals surface area (Å²) in [7, 11) is 0. The maximum Gasteiger partial charge on any atom is 0.0491 e. The van der Waals surface area contributed by atoms with Gasteiger partial charge in [0.2, 0.25) is 0 Å². The highest BCUT2D eigenvalue weighted by Gasteiger charge is 2.10. The smallest absolute Gasteiger partial charge is 0.0491 e. The van der Waals surface area contributed by atoms with Crippen LogP contribution in [-0.4, -0.2) is 11.1 Å². The number of para-hydroxylation sites is 1. The molecule has 0 saturated carbocycles. The van der Waals surface area contributed by atoms with Crippen molar-refractivity contribution in [2.45, 2.75) is 19.5 Å². The van der Waals surface area contributed by atoms with E-state index >= 15 is 0 Å². The Labute approximate surface area is 208 Å². The van der Waals surface area contributed by atoms with Crippen molar-refractivity contribution in [3.8, 4) is 0 Å². The fraction of sp³-hybridized carbons (Fsp3) is 0.167. The number of benzene rings is 3. The van der Waals surface area contributed by atoms with E-state index < -0.39 is 0 Å². The molecule has 0 saturated heterocycles. The summed E-state index contributed by atoms with van der Waals surface area (Å²) in [5.41, 5.74) is 4.56. The molecule has 2 nitrogen and oxygen atoms in total. The number of rotatable bonds is 7. The van der Waals surface area contributed by atoms with Gasteiger partial charge < -0.3 is 9.88 Å². The minimum Gasteiger partial charge on any atom is -0.343 e. The Morgan fingerprint density at radius 3 is 2.06 bits per heavy atom. The number of hydrogen-bond acceptors (Lipinski definition) is 1. The van der Waals surface area contributed by atoms with Gasteiger partial charge in [-0.15, -0.1) is 12.4 Å². The quantitative estimate of drug-likeness (QED) is 0.247. The number of nitrogens with zero attached hydrogens (tertiary/aromatic N) is 1. The van der Waals surface area contributed by atoms with Crippen LogP contribution >= 0.6 is 58.8 Å². The molecule has 0 atom stereocenters. The molecule has 7 heteroatoms. The van der Waals surface area contributed by atoms with Gasteiger partial charge in [-0.25, -0.2) is 0 Å². The van der Waals surface area contributed by atoms with Crippen LogP contribution in [-0.2, 0) is 19.5 Å². The zero-order valence-electron chi connectivity index (χ0n) is 16.5. The van der Waals surface area contributed by atoms with Gasteiger partial charge in [0.25, 0.3) is 0 Å². The van der Waals surface area contributed by atoms with Gasteiger partial charge in [-0.1, -0.05) is 76.7 Å². The first-order valence-corrected chi connectivity index (χ1v) is 11.2. The van der Waals surface area contributed by atoms with Crippen LogP contribution in [0.1, 0.15) is 16.7 Å². The molecule has 0 bridgehead atoms. The Hall–Kier alpha value is -1.39. The van der Waals surface area contributed by atoms with E-state index in [0.29, 0.717) is 26.6 Å². The van der Waals surface area contributed by atoms with Gasteiger partial charge in [0, 0.05) is 50.3 Å². The van der Waals surface area contributed by atoms with E-state index in [2.05, 4.69) is 40.3 Å². The molecule has 0 amide bonds. The molecule has 0 aliphatic carbocycles. The molecule has 1 heterocycles. The summed E-state index contributed by atoms with van der Waals surface area (Å²) in [6.07, 6.45) is 3.03. The first kappa shape index (κ1) is 24.3. The van der Waals surface area contributed by atoms with Crippen LogP contribution in [0.25, 0.3) is 10.9 Å². The lowest BCUT2D eigenvalue weighted by Crippen LogP contribution is -2.16. The number of halogens is 5. The van der Waals surface area contributed by atoms with Crippen molar-refractivity contribution >= 4 is 69.7 Å². The van der Waals surface area contributed by atoms with Crippen molar-refractivity contribution in [2.75, 3.05) is 6.54 Å². The molecule has 1 N–H and O–H groups in total. The van der Waals surface area contributed by atoms with E-state index in [4.69, 9.17) is 46.4 Å². The van der Waals surface area contributed by atoms with E-state index in [1.54, 1.807) is 12.1 Å². The van der Waals surface area contributed by atoms with Crippen molar-refractivity contribution in [1.82, 2.24) is 9.88 Å². The molecule has 4 rings (SSSR count). The Bertz CT molecular complexity index is 1190. The maximum atomic E-state index is 6.39. The first-order chi connectivity index (χ1) is 14.5. The summed E-state index contributed by atoms with van der Waals surface area (Å²) in [6.45, 7) is 2.29. The van der Waals surface area contributed by atoms with Gasteiger partial charge in [-0.2, -0.15) is 0 Å². The average molecular weight is 515 g/mol. The Morgan fingerprint density at radius 2 is 1.39 bits per heavy atom. The first-order valence-electron chi connectivity index (χ1n) is 9.66. The lowest BCUT2D eigenvalue weighted by Gasteiger charge is -2.08. The van der Waals surface area contributed by atoms with Crippen molar-refractivity contribution in [2.24, 2.45) is 0 Å². The molecule has 3 aromatic carbocycles. The van der Waals surface area contributed by atoms with Gasteiger partial charge in [0.1, 0.15) is 0 Å². The predicted octanol–water partition coefficient (Wildman–Crippen LogP) is 8.06. The van der Waals surface area contributed by atoms with Crippen molar-refractivity contribution in [3.05, 3.63) is 104 Å². The second-order valence-corrected chi connectivity index (χ2v) is 8.88. The monoisotopic (exact) mass is 512 g/mol. The molecule has 0 spiro atoms. The van der Waals surface area contributed by atoms with Crippen molar-refractivity contribution in [3.63, 3.8) is 0 Å². The Balaban J connectivity index is 0.00000272. The van der Waals surface area contributed by atoms with Crippen molar-refractivity contribution in [1.29, 1.82) is 0 Å². The molecule has 4 aromatic rings. The van der Waals surface area contributed by atoms with Gasteiger partial charge in [0.05, 0.1) is 0 Å². The molecule has 31 heavy (non-hydrogen) atoms. The van der Waals surface area contributed by atoms with Gasteiger partial charge >= 0.3 is 0 Å². The van der Waals surface area contributed by atoms with E-state index in [0.717, 1.165) is 30.6 Å². The summed E-state index contributed by atoms with van der Waals surface area (Å²) >= 11 is 24.7. The highest BCUT2D eigenvalue weighted by Crippen LogP contribution is 2.26. The normalized spacial score (nSPS) is 11.0. The third-order valence-electron chi connectivity index (χ3n) is 5.13. The summed E-state index contributed by atoms with van der Waals surface area (Å²) in [5, 5.41) is 7.46. The Kier molecular flexibility index (Phi) is 8.58. The molecular formula is C24H21Cl5N2. The van der Waals surface area contributed by atoms with Gasteiger partial charge in [0.15, 0.2) is 0 Å². The van der Waals surface area contributed by atoms with Crippen LogP contribution in [0, 0.1) is 0 Å². The number of nitrogens with one attached hydrogen (secondary N) is 1. The lowest BCUT2D eigenvalue weighted by molar-refractivity contribution is 0.686. The predicted molar refractivity (Wildman–Crippen MR) is 137 cm³/mol. The van der Waals surface area contributed by atoms with E-state index in [-0.39, 0.29) is 12.4 Å². The number of hydrogen-bond donors (Lipinski definition) is 1. The van der Waals surface area contributed by atoms with Crippen LogP contribution < -0.4 is 5.32 Å². The minimum atomic E-state index is 0. The van der Waals surface area contributed by atoms with Crippen molar-refractivity contribution < 1.29 is 0 Å². The second-order valence-electron chi connectivity index (χ2n) is 7.20. The number of aromatic nitrogens is 1. The summed E-state index contributed by atoms with van der Waals surface area (Å²) < 4.78 is 2.23. The van der Waals surface area contributed by atoms with E-state index in [9.17, 15) is 0 Å². The topological polar surface area (TPSA) is 17.0 Å². The number of fused-ring (bicyclic) bond motifs is 1. The van der Waals surface area contributed by atoms with Crippen LogP contribution in [0.2, 0.25) is 20.1 Å². The molecule has 0 radical (unpaired) electrons. The minimum absolute atomic E-state index is 0.